The first-order chi connectivity index (χ1) is 8.85. The van der Waals surface area contributed by atoms with Crippen LogP contribution in [0.1, 0.15) is 13.3 Å². The summed E-state index contributed by atoms with van der Waals surface area (Å²) in [5.41, 5.74) is 5.52. The van der Waals surface area contributed by atoms with E-state index in [1.54, 1.807) is 0 Å². The summed E-state index contributed by atoms with van der Waals surface area (Å²) in [6.45, 7) is 2.43. The predicted molar refractivity (Wildman–Crippen MR) is 69.8 cm³/mol. The first-order valence-electron chi connectivity index (χ1n) is 5.98. The molecule has 1 aromatic rings. The van der Waals surface area contributed by atoms with Crippen LogP contribution in [-0.2, 0) is 10.0 Å². The van der Waals surface area contributed by atoms with Crippen LogP contribution in [-0.4, -0.2) is 22.1 Å². The maximum Gasteiger partial charge on any atom is 0.240 e. The minimum absolute atomic E-state index is 0.0392. The van der Waals surface area contributed by atoms with E-state index < -0.39 is 15.8 Å². The summed E-state index contributed by atoms with van der Waals surface area (Å²) < 4.78 is 44.8. The SMILES string of the molecule is COc1c(N)cc(S(=O)(=O)NCC2CC2C)cc1F. The van der Waals surface area contributed by atoms with Crippen molar-refractivity contribution in [1.82, 2.24) is 4.72 Å². The number of nitrogens with two attached hydrogens (primary N) is 1. The number of benzene rings is 1. The van der Waals surface area contributed by atoms with Crippen LogP contribution in [0.25, 0.3) is 0 Å². The smallest absolute Gasteiger partial charge is 0.240 e. The molecule has 0 amide bonds. The second kappa shape index (κ2) is 4.97. The van der Waals surface area contributed by atoms with E-state index in [1.165, 1.54) is 13.2 Å². The molecule has 0 aliphatic heterocycles. The van der Waals surface area contributed by atoms with Crippen molar-refractivity contribution in [3.8, 4) is 5.75 Å². The molecule has 2 atom stereocenters. The molecule has 0 bridgehead atoms. The Hall–Kier alpha value is -1.34. The third-order valence-corrected chi connectivity index (χ3v) is 4.77. The van der Waals surface area contributed by atoms with Gasteiger partial charge in [0.15, 0.2) is 11.6 Å². The van der Waals surface area contributed by atoms with E-state index in [2.05, 4.69) is 11.6 Å². The molecule has 1 aliphatic carbocycles. The monoisotopic (exact) mass is 288 g/mol. The van der Waals surface area contributed by atoms with Gasteiger partial charge in [-0.15, -0.1) is 0 Å². The van der Waals surface area contributed by atoms with Gasteiger partial charge in [0, 0.05) is 6.54 Å². The molecule has 19 heavy (non-hydrogen) atoms. The normalized spacial score (nSPS) is 22.3. The first kappa shape index (κ1) is 14.1. The summed E-state index contributed by atoms with van der Waals surface area (Å²) in [5.74, 6) is -0.0204. The average Bonchev–Trinajstić information content (AvgIpc) is 3.02. The highest BCUT2D eigenvalue weighted by Gasteiger charge is 2.33. The van der Waals surface area contributed by atoms with E-state index in [4.69, 9.17) is 10.5 Å². The third kappa shape index (κ3) is 2.98. The van der Waals surface area contributed by atoms with Crippen LogP contribution in [0.4, 0.5) is 10.1 Å². The van der Waals surface area contributed by atoms with Crippen molar-refractivity contribution in [2.24, 2.45) is 11.8 Å². The number of hydrogen-bond donors (Lipinski definition) is 2. The Labute approximate surface area is 112 Å². The zero-order chi connectivity index (χ0) is 14.2. The molecular weight excluding hydrogens is 271 g/mol. The lowest BCUT2D eigenvalue weighted by Crippen LogP contribution is -2.26. The van der Waals surface area contributed by atoms with E-state index in [1.807, 2.05) is 0 Å². The number of ether oxygens (including phenoxy) is 1. The highest BCUT2D eigenvalue weighted by molar-refractivity contribution is 7.89. The Morgan fingerprint density at radius 3 is 2.63 bits per heavy atom. The quantitative estimate of drug-likeness (QED) is 0.801. The van der Waals surface area contributed by atoms with Crippen molar-refractivity contribution in [2.45, 2.75) is 18.2 Å². The molecule has 0 radical (unpaired) electrons. The minimum Gasteiger partial charge on any atom is -0.492 e. The molecule has 3 N–H and O–H groups in total. The van der Waals surface area contributed by atoms with E-state index in [-0.39, 0.29) is 16.3 Å². The Balaban J connectivity index is 2.20. The summed E-state index contributed by atoms with van der Waals surface area (Å²) >= 11 is 0. The number of halogens is 1. The van der Waals surface area contributed by atoms with Crippen molar-refractivity contribution in [2.75, 3.05) is 19.4 Å². The van der Waals surface area contributed by atoms with Crippen molar-refractivity contribution in [3.63, 3.8) is 0 Å². The number of sulfonamides is 1. The van der Waals surface area contributed by atoms with E-state index in [0.29, 0.717) is 18.4 Å². The Kier molecular flexibility index (Phi) is 3.69. The van der Waals surface area contributed by atoms with Crippen LogP contribution >= 0.6 is 0 Å². The van der Waals surface area contributed by atoms with Gasteiger partial charge >= 0.3 is 0 Å². The van der Waals surface area contributed by atoms with Gasteiger partial charge in [0.2, 0.25) is 10.0 Å². The topological polar surface area (TPSA) is 81.4 Å². The van der Waals surface area contributed by atoms with Gasteiger partial charge in [0.1, 0.15) is 0 Å². The molecule has 2 unspecified atom stereocenters. The van der Waals surface area contributed by atoms with Gasteiger partial charge in [-0.1, -0.05) is 6.92 Å². The first-order valence-corrected chi connectivity index (χ1v) is 7.46. The Morgan fingerprint density at radius 1 is 1.53 bits per heavy atom. The molecule has 1 aromatic carbocycles. The minimum atomic E-state index is -3.73. The highest BCUT2D eigenvalue weighted by Crippen LogP contribution is 2.37. The predicted octanol–water partition coefficient (Wildman–Crippen LogP) is 1.35. The van der Waals surface area contributed by atoms with Crippen molar-refractivity contribution in [1.29, 1.82) is 0 Å². The van der Waals surface area contributed by atoms with Gasteiger partial charge in [0.25, 0.3) is 0 Å². The van der Waals surface area contributed by atoms with E-state index >= 15 is 0 Å². The van der Waals surface area contributed by atoms with Gasteiger partial charge in [0.05, 0.1) is 17.7 Å². The molecule has 0 spiro atoms. The number of hydrogen-bond acceptors (Lipinski definition) is 4. The van der Waals surface area contributed by atoms with Crippen molar-refractivity contribution < 1.29 is 17.5 Å². The Bertz CT molecular complexity index is 566. The standard InChI is InChI=1S/C12H17FN2O3S/c1-7-3-8(7)6-15-19(16,17)9-4-10(13)12(18-2)11(14)5-9/h4-5,7-8,15H,3,6,14H2,1-2H3. The fourth-order valence-corrected chi connectivity index (χ4v) is 3.08. The van der Waals surface area contributed by atoms with Crippen molar-refractivity contribution >= 4 is 15.7 Å². The molecule has 0 aromatic heterocycles. The van der Waals surface area contributed by atoms with Crippen LogP contribution in [0, 0.1) is 17.7 Å². The molecular formula is C12H17FN2O3S. The maximum atomic E-state index is 13.6. The lowest BCUT2D eigenvalue weighted by molar-refractivity contribution is 0.388. The average molecular weight is 288 g/mol. The van der Waals surface area contributed by atoms with Gasteiger partial charge < -0.3 is 10.5 Å². The summed E-state index contributed by atoms with van der Waals surface area (Å²) in [6.07, 6.45) is 1.02. The molecule has 1 fully saturated rings. The second-order valence-corrected chi connectivity index (χ2v) is 6.62. The van der Waals surface area contributed by atoms with Gasteiger partial charge in [-0.05, 0) is 30.4 Å². The van der Waals surface area contributed by atoms with E-state index in [9.17, 15) is 12.8 Å². The van der Waals surface area contributed by atoms with Crippen molar-refractivity contribution in [3.05, 3.63) is 17.9 Å². The zero-order valence-electron chi connectivity index (χ0n) is 10.8. The summed E-state index contributed by atoms with van der Waals surface area (Å²) in [7, 11) is -2.46. The van der Waals surface area contributed by atoms with Crippen LogP contribution in [0.2, 0.25) is 0 Å². The van der Waals surface area contributed by atoms with Gasteiger partial charge in [-0.3, -0.25) is 0 Å². The van der Waals surface area contributed by atoms with Crippen LogP contribution in [0.15, 0.2) is 17.0 Å². The largest absolute Gasteiger partial charge is 0.492 e. The van der Waals surface area contributed by atoms with E-state index in [0.717, 1.165) is 12.5 Å². The van der Waals surface area contributed by atoms with Crippen LogP contribution in [0.3, 0.4) is 0 Å². The summed E-state index contributed by atoms with van der Waals surface area (Å²) in [5, 5.41) is 0. The van der Waals surface area contributed by atoms with Gasteiger partial charge in [-0.2, -0.15) is 0 Å². The number of nitrogen functional groups attached to an aromatic ring is 1. The fraction of sp³-hybridized carbons (Fsp3) is 0.500. The van der Waals surface area contributed by atoms with Crippen LogP contribution < -0.4 is 15.2 Å². The molecule has 0 saturated heterocycles. The summed E-state index contributed by atoms with van der Waals surface area (Å²) in [4.78, 5) is -0.184. The lowest BCUT2D eigenvalue weighted by Gasteiger charge is -2.10. The number of rotatable bonds is 5. The summed E-state index contributed by atoms with van der Waals surface area (Å²) in [6, 6.07) is 2.11. The number of nitrogens with one attached hydrogen (secondary N) is 1. The highest BCUT2D eigenvalue weighted by atomic mass is 32.2. The molecule has 7 heteroatoms. The molecule has 5 nitrogen and oxygen atoms in total. The number of anilines is 1. The molecule has 0 heterocycles. The van der Waals surface area contributed by atoms with Gasteiger partial charge in [-0.25, -0.2) is 17.5 Å². The fourth-order valence-electron chi connectivity index (χ4n) is 1.94. The third-order valence-electron chi connectivity index (χ3n) is 3.37. The molecule has 1 saturated carbocycles. The molecule has 2 rings (SSSR count). The second-order valence-electron chi connectivity index (χ2n) is 4.85. The van der Waals surface area contributed by atoms with Crippen LogP contribution in [0.5, 0.6) is 5.75 Å². The molecule has 106 valence electrons. The molecule has 1 aliphatic rings. The lowest BCUT2D eigenvalue weighted by atomic mass is 10.3. The Morgan fingerprint density at radius 2 is 2.16 bits per heavy atom. The number of methoxy groups -OCH3 is 1. The zero-order valence-corrected chi connectivity index (χ0v) is 11.6. The maximum absolute atomic E-state index is 13.6.